The van der Waals surface area contributed by atoms with Gasteiger partial charge in [-0.15, -0.1) is 0 Å². The minimum Gasteiger partial charge on any atom is -0.321 e. The van der Waals surface area contributed by atoms with Crippen LogP contribution < -0.4 is 5.32 Å². The van der Waals surface area contributed by atoms with Gasteiger partial charge in [0, 0.05) is 30.9 Å². The van der Waals surface area contributed by atoms with Crippen molar-refractivity contribution in [2.24, 2.45) is 0 Å². The first-order valence-electron chi connectivity index (χ1n) is 8.48. The van der Waals surface area contributed by atoms with E-state index in [0.29, 0.717) is 23.1 Å². The van der Waals surface area contributed by atoms with Crippen LogP contribution in [0, 0.1) is 6.92 Å². The van der Waals surface area contributed by atoms with Gasteiger partial charge in [-0.05, 0) is 25.1 Å². The van der Waals surface area contributed by atoms with Crippen LogP contribution in [0.1, 0.15) is 5.69 Å². The van der Waals surface area contributed by atoms with E-state index >= 15 is 0 Å². The molecule has 0 radical (unpaired) electrons. The standard InChI is InChI=1S/C18H16F2N8/c1-12-15(10-27(25-12)11-16(19)20)23-18-22-8-5-17(24-18)28-9-6-14(26-28)13-4-2-3-7-21-13/h2-10,16H,11H2,1H3,(H,22,23,24). The van der Waals surface area contributed by atoms with Gasteiger partial charge in [0.2, 0.25) is 5.95 Å². The van der Waals surface area contributed by atoms with E-state index in [0.717, 1.165) is 11.4 Å². The van der Waals surface area contributed by atoms with Gasteiger partial charge in [0.1, 0.15) is 12.2 Å². The average molecular weight is 382 g/mol. The van der Waals surface area contributed by atoms with Crippen molar-refractivity contribution in [3.05, 3.63) is 60.8 Å². The van der Waals surface area contributed by atoms with E-state index in [-0.39, 0.29) is 0 Å². The molecular formula is C18H16F2N8. The lowest BCUT2D eigenvalue weighted by molar-refractivity contribution is 0.121. The summed E-state index contributed by atoms with van der Waals surface area (Å²) in [6.45, 7) is 1.26. The first-order chi connectivity index (χ1) is 13.6. The van der Waals surface area contributed by atoms with E-state index in [1.165, 1.54) is 10.9 Å². The molecule has 4 aromatic rings. The number of pyridine rings is 1. The van der Waals surface area contributed by atoms with Gasteiger partial charge < -0.3 is 5.32 Å². The molecule has 0 aliphatic carbocycles. The number of halogens is 2. The molecule has 0 saturated heterocycles. The molecule has 28 heavy (non-hydrogen) atoms. The highest BCUT2D eigenvalue weighted by Gasteiger charge is 2.11. The Kier molecular flexibility index (Phi) is 4.75. The predicted octanol–water partition coefficient (Wildman–Crippen LogP) is 3.24. The van der Waals surface area contributed by atoms with E-state index < -0.39 is 13.0 Å². The number of aryl methyl sites for hydroxylation is 1. The highest BCUT2D eigenvalue weighted by atomic mass is 19.3. The zero-order chi connectivity index (χ0) is 19.5. The molecule has 0 spiro atoms. The molecule has 10 heteroatoms. The summed E-state index contributed by atoms with van der Waals surface area (Å²) in [6, 6.07) is 9.17. The fraction of sp³-hybridized carbons (Fsp3) is 0.167. The number of nitrogens with one attached hydrogen (secondary N) is 1. The number of hydrogen-bond donors (Lipinski definition) is 1. The molecule has 0 aliphatic heterocycles. The molecule has 4 heterocycles. The van der Waals surface area contributed by atoms with Crippen LogP contribution in [0.5, 0.6) is 0 Å². The summed E-state index contributed by atoms with van der Waals surface area (Å²) in [6.07, 6.45) is 4.11. The van der Waals surface area contributed by atoms with E-state index in [9.17, 15) is 8.78 Å². The molecule has 0 atom stereocenters. The Morgan fingerprint density at radius 2 is 1.93 bits per heavy atom. The summed E-state index contributed by atoms with van der Waals surface area (Å²) in [5, 5.41) is 11.6. The Hall–Kier alpha value is -3.69. The second kappa shape index (κ2) is 7.51. The maximum Gasteiger partial charge on any atom is 0.257 e. The van der Waals surface area contributed by atoms with E-state index in [1.54, 1.807) is 36.3 Å². The third kappa shape index (κ3) is 3.85. The van der Waals surface area contributed by atoms with Gasteiger partial charge in [0.25, 0.3) is 6.43 Å². The van der Waals surface area contributed by atoms with Crippen LogP contribution in [-0.4, -0.2) is 40.9 Å². The Morgan fingerprint density at radius 1 is 1.04 bits per heavy atom. The molecular weight excluding hydrogens is 366 g/mol. The Labute approximate surface area is 158 Å². The molecule has 142 valence electrons. The van der Waals surface area contributed by atoms with E-state index in [4.69, 9.17) is 0 Å². The Morgan fingerprint density at radius 3 is 2.71 bits per heavy atom. The topological polar surface area (TPSA) is 86.3 Å². The van der Waals surface area contributed by atoms with Crippen molar-refractivity contribution in [1.29, 1.82) is 0 Å². The van der Waals surface area contributed by atoms with Crippen molar-refractivity contribution < 1.29 is 8.78 Å². The highest BCUT2D eigenvalue weighted by Crippen LogP contribution is 2.19. The summed E-state index contributed by atoms with van der Waals surface area (Å²) in [5.41, 5.74) is 2.62. The maximum absolute atomic E-state index is 12.5. The molecule has 0 unspecified atom stereocenters. The molecule has 4 aromatic heterocycles. The Bertz CT molecular complexity index is 1070. The molecule has 0 aromatic carbocycles. The van der Waals surface area contributed by atoms with Crippen molar-refractivity contribution in [3.63, 3.8) is 0 Å². The summed E-state index contributed by atoms with van der Waals surface area (Å²) in [5.74, 6) is 0.865. The van der Waals surface area contributed by atoms with Gasteiger partial charge in [0.05, 0.1) is 17.1 Å². The van der Waals surface area contributed by atoms with Crippen LogP contribution in [0.3, 0.4) is 0 Å². The lowest BCUT2D eigenvalue weighted by atomic mass is 10.3. The van der Waals surface area contributed by atoms with E-state index in [1.807, 2.05) is 24.3 Å². The predicted molar refractivity (Wildman–Crippen MR) is 98.6 cm³/mol. The molecule has 0 saturated carbocycles. The van der Waals surface area contributed by atoms with Gasteiger partial charge in [-0.25, -0.2) is 18.4 Å². The van der Waals surface area contributed by atoms with Crippen LogP contribution >= 0.6 is 0 Å². The smallest absolute Gasteiger partial charge is 0.257 e. The molecule has 4 rings (SSSR count). The number of rotatable bonds is 6. The van der Waals surface area contributed by atoms with E-state index in [2.05, 4.69) is 30.5 Å². The number of hydrogen-bond acceptors (Lipinski definition) is 6. The van der Waals surface area contributed by atoms with Crippen molar-refractivity contribution in [3.8, 4) is 17.2 Å². The normalized spacial score (nSPS) is 11.1. The maximum atomic E-state index is 12.5. The highest BCUT2D eigenvalue weighted by molar-refractivity contribution is 5.56. The zero-order valence-corrected chi connectivity index (χ0v) is 14.9. The number of nitrogens with zero attached hydrogens (tertiary/aromatic N) is 7. The number of anilines is 2. The minimum atomic E-state index is -2.47. The molecule has 0 amide bonds. The average Bonchev–Trinajstić information content (AvgIpc) is 3.30. The van der Waals surface area contributed by atoms with Gasteiger partial charge in [-0.2, -0.15) is 15.2 Å². The second-order valence-electron chi connectivity index (χ2n) is 5.97. The van der Waals surface area contributed by atoms with Gasteiger partial charge in [0.15, 0.2) is 5.82 Å². The van der Waals surface area contributed by atoms with Crippen molar-refractivity contribution in [1.82, 2.24) is 34.5 Å². The molecule has 0 aliphatic rings. The monoisotopic (exact) mass is 382 g/mol. The van der Waals surface area contributed by atoms with Gasteiger partial charge in [-0.1, -0.05) is 6.07 Å². The SMILES string of the molecule is Cc1nn(CC(F)F)cc1Nc1nccc(-n2ccc(-c3ccccn3)n2)n1. The lowest BCUT2D eigenvalue weighted by Crippen LogP contribution is -2.06. The van der Waals surface area contributed by atoms with Gasteiger partial charge in [-0.3, -0.25) is 9.67 Å². The quantitative estimate of drug-likeness (QED) is 0.551. The molecule has 0 fully saturated rings. The summed E-state index contributed by atoms with van der Waals surface area (Å²) < 4.78 is 27.9. The Balaban J connectivity index is 1.56. The third-order valence-corrected chi connectivity index (χ3v) is 3.91. The van der Waals surface area contributed by atoms with Crippen molar-refractivity contribution in [2.45, 2.75) is 19.9 Å². The molecule has 1 N–H and O–H groups in total. The van der Waals surface area contributed by atoms with Crippen molar-refractivity contribution >= 4 is 11.6 Å². The number of aromatic nitrogens is 7. The minimum absolute atomic E-state index is 0.312. The fourth-order valence-electron chi connectivity index (χ4n) is 2.64. The van der Waals surface area contributed by atoms with Crippen LogP contribution in [0.2, 0.25) is 0 Å². The van der Waals surface area contributed by atoms with Crippen LogP contribution in [0.25, 0.3) is 17.2 Å². The van der Waals surface area contributed by atoms with Crippen LogP contribution in [0.4, 0.5) is 20.4 Å². The first-order valence-corrected chi connectivity index (χ1v) is 8.48. The first kappa shape index (κ1) is 17.7. The molecule has 8 nitrogen and oxygen atoms in total. The summed E-state index contributed by atoms with van der Waals surface area (Å²) in [4.78, 5) is 12.9. The fourth-order valence-corrected chi connectivity index (χ4v) is 2.64. The van der Waals surface area contributed by atoms with Crippen LogP contribution in [-0.2, 0) is 6.54 Å². The largest absolute Gasteiger partial charge is 0.321 e. The lowest BCUT2D eigenvalue weighted by Gasteiger charge is -2.05. The summed E-state index contributed by atoms with van der Waals surface area (Å²) >= 11 is 0. The van der Waals surface area contributed by atoms with Gasteiger partial charge >= 0.3 is 0 Å². The number of alkyl halides is 2. The zero-order valence-electron chi connectivity index (χ0n) is 14.9. The van der Waals surface area contributed by atoms with Crippen LogP contribution in [0.15, 0.2) is 55.1 Å². The van der Waals surface area contributed by atoms with Crippen molar-refractivity contribution in [2.75, 3.05) is 5.32 Å². The third-order valence-electron chi connectivity index (χ3n) is 3.91. The molecule has 0 bridgehead atoms. The second-order valence-corrected chi connectivity index (χ2v) is 5.97. The summed E-state index contributed by atoms with van der Waals surface area (Å²) in [7, 11) is 0.